The predicted molar refractivity (Wildman–Crippen MR) is 78.1 cm³/mol. The largest absolute Gasteiger partial charge is 0.329 e. The fourth-order valence-electron chi connectivity index (χ4n) is 1.92. The highest BCUT2D eigenvalue weighted by molar-refractivity contribution is 7.71. The third kappa shape index (κ3) is 1.88. The molecule has 0 amide bonds. The van der Waals surface area contributed by atoms with Crippen molar-refractivity contribution in [2.24, 2.45) is 0 Å². The van der Waals surface area contributed by atoms with Crippen molar-refractivity contribution >= 4 is 46.2 Å². The third-order valence-corrected chi connectivity index (χ3v) is 4.46. The average Bonchev–Trinajstić information content (AvgIpc) is 2.87. The van der Waals surface area contributed by atoms with Gasteiger partial charge in [0.25, 0.3) is 0 Å². The Morgan fingerprint density at radius 1 is 1.50 bits per heavy atom. The molecule has 3 rings (SSSR count). The Morgan fingerprint density at radius 2 is 2.33 bits per heavy atom. The first-order chi connectivity index (χ1) is 8.66. The minimum absolute atomic E-state index is 0.686. The van der Waals surface area contributed by atoms with Crippen molar-refractivity contribution in [2.45, 2.75) is 13.5 Å². The van der Waals surface area contributed by atoms with Gasteiger partial charge < -0.3 is 9.55 Å². The molecule has 0 unspecified atom stereocenters. The van der Waals surface area contributed by atoms with E-state index in [2.05, 4.69) is 14.5 Å². The Kier molecular flexibility index (Phi) is 2.97. The molecule has 2 heterocycles. The van der Waals surface area contributed by atoms with Crippen molar-refractivity contribution in [2.75, 3.05) is 0 Å². The number of rotatable bonds is 2. The van der Waals surface area contributed by atoms with Gasteiger partial charge in [-0.05, 0) is 31.3 Å². The van der Waals surface area contributed by atoms with Crippen LogP contribution in [-0.4, -0.2) is 14.5 Å². The maximum atomic E-state index is 6.15. The number of aryl methyl sites for hydroxylation is 1. The van der Waals surface area contributed by atoms with Crippen LogP contribution >= 0.6 is 35.2 Å². The summed E-state index contributed by atoms with van der Waals surface area (Å²) in [5.74, 6) is 0. The number of aromatic amines is 1. The van der Waals surface area contributed by atoms with Crippen molar-refractivity contribution in [3.63, 3.8) is 0 Å². The molecule has 18 heavy (non-hydrogen) atoms. The number of hydrogen-bond donors (Lipinski definition) is 1. The molecule has 2 aromatic heterocycles. The zero-order valence-electron chi connectivity index (χ0n) is 9.61. The van der Waals surface area contributed by atoms with Crippen molar-refractivity contribution in [3.8, 4) is 0 Å². The van der Waals surface area contributed by atoms with Gasteiger partial charge in [-0.1, -0.05) is 17.7 Å². The Hall–Kier alpha value is -1.17. The fraction of sp³-hybridized carbons (Fsp3) is 0.167. The molecule has 3 aromatic rings. The molecule has 0 bridgehead atoms. The second kappa shape index (κ2) is 4.50. The van der Waals surface area contributed by atoms with Gasteiger partial charge in [0.15, 0.2) is 4.77 Å². The number of thiazole rings is 1. The molecule has 1 N–H and O–H groups in total. The number of para-hydroxylation sites is 1. The number of nitrogens with one attached hydrogen (secondary N) is 1. The Bertz CT molecular complexity index is 769. The maximum absolute atomic E-state index is 6.15. The zero-order chi connectivity index (χ0) is 12.7. The van der Waals surface area contributed by atoms with Gasteiger partial charge in [-0.3, -0.25) is 0 Å². The summed E-state index contributed by atoms with van der Waals surface area (Å²) < 4.78 is 2.74. The van der Waals surface area contributed by atoms with Gasteiger partial charge in [0.2, 0.25) is 0 Å². The summed E-state index contributed by atoms with van der Waals surface area (Å²) in [4.78, 5) is 8.63. The van der Waals surface area contributed by atoms with E-state index >= 15 is 0 Å². The van der Waals surface area contributed by atoms with Gasteiger partial charge in [0.05, 0.1) is 33.8 Å². The quantitative estimate of drug-likeness (QED) is 0.720. The van der Waals surface area contributed by atoms with E-state index in [1.807, 2.05) is 30.6 Å². The first-order valence-electron chi connectivity index (χ1n) is 5.43. The molecule has 3 nitrogen and oxygen atoms in total. The van der Waals surface area contributed by atoms with E-state index in [0.29, 0.717) is 9.79 Å². The monoisotopic (exact) mass is 295 g/mol. The third-order valence-electron chi connectivity index (χ3n) is 2.91. The zero-order valence-corrected chi connectivity index (χ0v) is 12.0. The Labute approximate surface area is 118 Å². The number of hydrogen-bond acceptors (Lipinski definition) is 3. The van der Waals surface area contributed by atoms with Crippen LogP contribution in [0, 0.1) is 11.7 Å². The molecular weight excluding hydrogens is 286 g/mol. The minimum Gasteiger partial charge on any atom is -0.329 e. The van der Waals surface area contributed by atoms with E-state index in [9.17, 15) is 0 Å². The molecule has 92 valence electrons. The van der Waals surface area contributed by atoms with E-state index in [-0.39, 0.29) is 0 Å². The van der Waals surface area contributed by atoms with Crippen molar-refractivity contribution in [1.82, 2.24) is 14.5 Å². The van der Waals surface area contributed by atoms with E-state index < -0.39 is 0 Å². The average molecular weight is 296 g/mol. The van der Waals surface area contributed by atoms with E-state index in [1.165, 1.54) is 4.88 Å². The number of halogens is 1. The van der Waals surface area contributed by atoms with Crippen LogP contribution in [0.3, 0.4) is 0 Å². The second-order valence-electron chi connectivity index (χ2n) is 4.01. The van der Waals surface area contributed by atoms with Crippen LogP contribution in [0.1, 0.15) is 10.6 Å². The van der Waals surface area contributed by atoms with E-state index in [0.717, 1.165) is 23.3 Å². The molecule has 0 aliphatic rings. The maximum Gasteiger partial charge on any atom is 0.178 e. The highest BCUT2D eigenvalue weighted by Crippen LogP contribution is 2.24. The van der Waals surface area contributed by atoms with Gasteiger partial charge in [0.1, 0.15) is 0 Å². The van der Waals surface area contributed by atoms with Crippen LogP contribution in [0.4, 0.5) is 0 Å². The Balaban J connectivity index is 2.18. The summed E-state index contributed by atoms with van der Waals surface area (Å²) in [7, 11) is 0. The molecule has 0 radical (unpaired) electrons. The van der Waals surface area contributed by atoms with Crippen molar-refractivity contribution < 1.29 is 0 Å². The van der Waals surface area contributed by atoms with Gasteiger partial charge in [-0.15, -0.1) is 11.3 Å². The molecule has 0 atom stereocenters. The number of aromatic nitrogens is 3. The van der Waals surface area contributed by atoms with E-state index in [4.69, 9.17) is 23.8 Å². The normalized spacial score (nSPS) is 11.2. The summed E-state index contributed by atoms with van der Waals surface area (Å²) in [6.07, 6.45) is 0. The van der Waals surface area contributed by atoms with Crippen molar-refractivity contribution in [3.05, 3.63) is 44.1 Å². The topological polar surface area (TPSA) is 33.6 Å². The van der Waals surface area contributed by atoms with Crippen LogP contribution in [0.15, 0.2) is 23.7 Å². The number of benzene rings is 1. The molecular formula is C12H10ClN3S2. The summed E-state index contributed by atoms with van der Waals surface area (Å²) in [5, 5.41) is 0.693. The smallest absolute Gasteiger partial charge is 0.178 e. The number of nitrogens with zero attached hydrogens (tertiary/aromatic N) is 2. The van der Waals surface area contributed by atoms with Crippen LogP contribution in [-0.2, 0) is 6.54 Å². The molecule has 1 aromatic carbocycles. The standard InChI is InChI=1S/C12H10ClN3S2/c1-7-10(18-6-14-7)5-16-9-4-2-3-8(13)11(9)15-12(16)17/h2-4,6H,5H2,1H3,(H,15,17). The van der Waals surface area contributed by atoms with Gasteiger partial charge in [-0.2, -0.15) is 0 Å². The number of fused-ring (bicyclic) bond motifs is 1. The highest BCUT2D eigenvalue weighted by atomic mass is 35.5. The highest BCUT2D eigenvalue weighted by Gasteiger charge is 2.09. The lowest BCUT2D eigenvalue weighted by atomic mass is 10.3. The lowest BCUT2D eigenvalue weighted by molar-refractivity contribution is 0.815. The first-order valence-corrected chi connectivity index (χ1v) is 7.09. The summed E-state index contributed by atoms with van der Waals surface area (Å²) in [6, 6.07) is 5.81. The summed E-state index contributed by atoms with van der Waals surface area (Å²) >= 11 is 13.2. The molecule has 0 spiro atoms. The van der Waals surface area contributed by atoms with Crippen molar-refractivity contribution in [1.29, 1.82) is 0 Å². The lowest BCUT2D eigenvalue weighted by Crippen LogP contribution is -1.99. The molecule has 6 heteroatoms. The predicted octanol–water partition coefficient (Wildman–Crippen LogP) is 4.17. The van der Waals surface area contributed by atoms with Gasteiger partial charge >= 0.3 is 0 Å². The van der Waals surface area contributed by atoms with Gasteiger partial charge in [-0.25, -0.2) is 4.98 Å². The van der Waals surface area contributed by atoms with Crippen LogP contribution in [0.5, 0.6) is 0 Å². The molecule has 0 saturated heterocycles. The summed E-state index contributed by atoms with van der Waals surface area (Å²) in [5.41, 5.74) is 4.83. The molecule has 0 fully saturated rings. The van der Waals surface area contributed by atoms with Crippen LogP contribution in [0.2, 0.25) is 5.02 Å². The van der Waals surface area contributed by atoms with Gasteiger partial charge in [0, 0.05) is 4.88 Å². The molecule has 0 saturated carbocycles. The molecule has 0 aliphatic heterocycles. The number of imidazole rings is 1. The van der Waals surface area contributed by atoms with Crippen LogP contribution < -0.4 is 0 Å². The number of H-pyrrole nitrogens is 1. The minimum atomic E-state index is 0.686. The fourth-order valence-corrected chi connectivity index (χ4v) is 3.17. The first kappa shape index (κ1) is 11.9. The molecule has 0 aliphatic carbocycles. The summed E-state index contributed by atoms with van der Waals surface area (Å²) in [6.45, 7) is 2.74. The van der Waals surface area contributed by atoms with Crippen LogP contribution in [0.25, 0.3) is 11.0 Å². The van der Waals surface area contributed by atoms with E-state index in [1.54, 1.807) is 11.3 Å². The second-order valence-corrected chi connectivity index (χ2v) is 5.74. The lowest BCUT2D eigenvalue weighted by Gasteiger charge is -2.03. The Morgan fingerprint density at radius 3 is 3.06 bits per heavy atom. The SMILES string of the molecule is Cc1ncsc1Cn1c(=S)[nH]c2c(Cl)cccc21.